The van der Waals surface area contributed by atoms with Gasteiger partial charge in [-0.2, -0.15) is 0 Å². The second-order valence-corrected chi connectivity index (χ2v) is 2.99. The number of allylic oxidation sites excluding steroid dienone is 3. The Balaban J connectivity index is 2.77. The normalized spacial score (nSPS) is 21.8. The van der Waals surface area contributed by atoms with E-state index in [1.165, 1.54) is 6.08 Å². The van der Waals surface area contributed by atoms with Gasteiger partial charge in [-0.1, -0.05) is 12.2 Å². The summed E-state index contributed by atoms with van der Waals surface area (Å²) in [5.41, 5.74) is 0.857. The Kier molecular flexibility index (Phi) is 2.90. The molecule has 0 aromatic rings. The molecule has 3 heteroatoms. The van der Waals surface area contributed by atoms with E-state index in [2.05, 4.69) is 6.58 Å². The van der Waals surface area contributed by atoms with Crippen LogP contribution in [0.3, 0.4) is 0 Å². The van der Waals surface area contributed by atoms with Gasteiger partial charge in [-0.05, 0) is 18.6 Å². The van der Waals surface area contributed by atoms with Gasteiger partial charge in [0.15, 0.2) is 11.5 Å². The molecule has 1 saturated carbocycles. The number of hydrogen-bond acceptors (Lipinski definition) is 3. The predicted octanol–water partition coefficient (Wildman–Crippen LogP) is 2.18. The minimum absolute atomic E-state index is 0.178. The fourth-order valence-corrected chi connectivity index (χ4v) is 1.23. The Morgan fingerprint density at radius 2 is 2.00 bits per heavy atom. The molecule has 1 aliphatic carbocycles. The molecule has 0 saturated heterocycles. The molecule has 0 atom stereocenters. The second kappa shape index (κ2) is 3.94. The quantitative estimate of drug-likeness (QED) is 0.505. The lowest BCUT2D eigenvalue weighted by atomic mass is 10.2. The van der Waals surface area contributed by atoms with Crippen molar-refractivity contribution in [3.05, 3.63) is 35.8 Å². The van der Waals surface area contributed by atoms with E-state index >= 15 is 0 Å². The Morgan fingerprint density at radius 1 is 1.31 bits per heavy atom. The molecule has 1 aliphatic rings. The number of aliphatic hydroxyl groups excluding tert-OH is 2. The van der Waals surface area contributed by atoms with Crippen molar-refractivity contribution in [2.45, 2.75) is 19.3 Å². The molecule has 70 valence electrons. The number of aliphatic hydroxyl groups is 2. The molecule has 0 amide bonds. The molecule has 0 unspecified atom stereocenters. The maximum Gasteiger partial charge on any atom is 0.157 e. The van der Waals surface area contributed by atoms with E-state index in [9.17, 15) is 9.90 Å². The van der Waals surface area contributed by atoms with Gasteiger partial charge in [0.05, 0.1) is 0 Å². The summed E-state index contributed by atoms with van der Waals surface area (Å²) < 4.78 is 0. The largest absolute Gasteiger partial charge is 0.504 e. The van der Waals surface area contributed by atoms with E-state index in [0.29, 0.717) is 19.3 Å². The highest BCUT2D eigenvalue weighted by molar-refractivity contribution is 5.84. The SMILES string of the molecule is C=C/C(O)=C(O)\C=C1\CCC(=O)C1. The fraction of sp³-hybridized carbons (Fsp3) is 0.300. The van der Waals surface area contributed by atoms with Crippen LogP contribution >= 0.6 is 0 Å². The second-order valence-electron chi connectivity index (χ2n) is 2.99. The first-order valence-electron chi connectivity index (χ1n) is 4.09. The lowest BCUT2D eigenvalue weighted by molar-refractivity contribution is -0.117. The van der Waals surface area contributed by atoms with Gasteiger partial charge >= 0.3 is 0 Å². The average Bonchev–Trinajstić information content (AvgIpc) is 2.49. The third kappa shape index (κ3) is 2.47. The molecule has 0 bridgehead atoms. The summed E-state index contributed by atoms with van der Waals surface area (Å²) in [6.45, 7) is 3.31. The van der Waals surface area contributed by atoms with Crippen LogP contribution in [0.15, 0.2) is 35.8 Å². The zero-order valence-corrected chi connectivity index (χ0v) is 7.29. The Morgan fingerprint density at radius 3 is 2.46 bits per heavy atom. The van der Waals surface area contributed by atoms with Crippen LogP contribution in [0, 0.1) is 0 Å². The first kappa shape index (κ1) is 9.58. The van der Waals surface area contributed by atoms with E-state index in [4.69, 9.17) is 5.11 Å². The highest BCUT2D eigenvalue weighted by Gasteiger charge is 2.15. The first-order chi connectivity index (χ1) is 6.13. The van der Waals surface area contributed by atoms with Crippen LogP contribution in [0.2, 0.25) is 0 Å². The minimum Gasteiger partial charge on any atom is -0.504 e. The monoisotopic (exact) mass is 180 g/mol. The number of Topliss-reactive ketones (excluding diaryl/α,β-unsaturated/α-hetero) is 1. The Hall–Kier alpha value is -1.51. The molecule has 3 nitrogen and oxygen atoms in total. The molecule has 0 radical (unpaired) electrons. The molecule has 0 heterocycles. The van der Waals surface area contributed by atoms with E-state index in [0.717, 1.165) is 11.6 Å². The van der Waals surface area contributed by atoms with Gasteiger partial charge in [0, 0.05) is 12.8 Å². The van der Waals surface area contributed by atoms with Gasteiger partial charge in [0.2, 0.25) is 0 Å². The topological polar surface area (TPSA) is 57.5 Å². The van der Waals surface area contributed by atoms with Gasteiger partial charge in [-0.3, -0.25) is 4.79 Å². The number of ketones is 1. The van der Waals surface area contributed by atoms with Crippen molar-refractivity contribution in [3.63, 3.8) is 0 Å². The predicted molar refractivity (Wildman–Crippen MR) is 49.4 cm³/mol. The molecular weight excluding hydrogens is 168 g/mol. The molecular formula is C10H12O3. The number of carbonyl (C=O) groups is 1. The summed E-state index contributed by atoms with van der Waals surface area (Å²) in [6.07, 6.45) is 4.18. The van der Waals surface area contributed by atoms with Gasteiger partial charge < -0.3 is 10.2 Å². The van der Waals surface area contributed by atoms with Crippen molar-refractivity contribution < 1.29 is 15.0 Å². The van der Waals surface area contributed by atoms with Crippen LogP contribution in [0.5, 0.6) is 0 Å². The van der Waals surface area contributed by atoms with Crippen LogP contribution in [-0.4, -0.2) is 16.0 Å². The molecule has 0 aromatic heterocycles. The number of carbonyl (C=O) groups excluding carboxylic acids is 1. The van der Waals surface area contributed by atoms with E-state index in [-0.39, 0.29) is 17.3 Å². The smallest absolute Gasteiger partial charge is 0.157 e. The van der Waals surface area contributed by atoms with Crippen LogP contribution in [0.25, 0.3) is 0 Å². The first-order valence-corrected chi connectivity index (χ1v) is 4.09. The third-order valence-corrected chi connectivity index (χ3v) is 1.95. The molecule has 0 aromatic carbocycles. The molecule has 1 fully saturated rings. The van der Waals surface area contributed by atoms with Crippen molar-refractivity contribution in [2.75, 3.05) is 0 Å². The maximum absolute atomic E-state index is 10.9. The van der Waals surface area contributed by atoms with Crippen LogP contribution in [0.4, 0.5) is 0 Å². The van der Waals surface area contributed by atoms with Gasteiger partial charge in [-0.25, -0.2) is 0 Å². The van der Waals surface area contributed by atoms with Gasteiger partial charge in [0.1, 0.15) is 5.78 Å². The zero-order chi connectivity index (χ0) is 9.84. The summed E-state index contributed by atoms with van der Waals surface area (Å²) in [6, 6.07) is 0. The van der Waals surface area contributed by atoms with Crippen molar-refractivity contribution in [1.29, 1.82) is 0 Å². The summed E-state index contributed by atoms with van der Waals surface area (Å²) >= 11 is 0. The minimum atomic E-state index is -0.258. The van der Waals surface area contributed by atoms with Crippen LogP contribution < -0.4 is 0 Å². The standard InChI is InChI=1S/C10H12O3/c1-2-9(12)10(13)6-7-3-4-8(11)5-7/h2,6,12-13H,1,3-5H2/b7-6-,10-9-. The van der Waals surface area contributed by atoms with E-state index in [1.807, 2.05) is 0 Å². The summed E-state index contributed by atoms with van der Waals surface area (Å²) in [4.78, 5) is 10.9. The number of hydrogen-bond donors (Lipinski definition) is 2. The molecule has 13 heavy (non-hydrogen) atoms. The maximum atomic E-state index is 10.9. The van der Waals surface area contributed by atoms with Gasteiger partial charge in [-0.15, -0.1) is 0 Å². The van der Waals surface area contributed by atoms with Crippen molar-refractivity contribution in [2.24, 2.45) is 0 Å². The average molecular weight is 180 g/mol. The van der Waals surface area contributed by atoms with E-state index in [1.54, 1.807) is 0 Å². The van der Waals surface area contributed by atoms with Gasteiger partial charge in [0.25, 0.3) is 0 Å². The molecule has 2 N–H and O–H groups in total. The summed E-state index contributed by atoms with van der Waals surface area (Å²) in [5, 5.41) is 18.3. The van der Waals surface area contributed by atoms with Crippen LogP contribution in [0.1, 0.15) is 19.3 Å². The van der Waals surface area contributed by atoms with Crippen LogP contribution in [-0.2, 0) is 4.79 Å². The Labute approximate surface area is 76.7 Å². The fourth-order valence-electron chi connectivity index (χ4n) is 1.23. The summed E-state index contributed by atoms with van der Waals surface area (Å²) in [7, 11) is 0. The molecule has 1 rings (SSSR count). The van der Waals surface area contributed by atoms with Crippen molar-refractivity contribution >= 4 is 5.78 Å². The molecule has 0 aliphatic heterocycles. The summed E-state index contributed by atoms with van der Waals surface area (Å²) in [5.74, 6) is -0.302. The molecule has 0 spiro atoms. The Bertz CT molecular complexity index is 297. The number of rotatable bonds is 2. The van der Waals surface area contributed by atoms with Crippen molar-refractivity contribution in [3.8, 4) is 0 Å². The highest BCUT2D eigenvalue weighted by atomic mass is 16.3. The van der Waals surface area contributed by atoms with Crippen molar-refractivity contribution in [1.82, 2.24) is 0 Å². The zero-order valence-electron chi connectivity index (χ0n) is 7.29. The highest BCUT2D eigenvalue weighted by Crippen LogP contribution is 2.22. The third-order valence-electron chi connectivity index (χ3n) is 1.95. The van der Waals surface area contributed by atoms with E-state index < -0.39 is 0 Å². The lowest BCUT2D eigenvalue weighted by Gasteiger charge is -1.96. The lowest BCUT2D eigenvalue weighted by Crippen LogP contribution is -1.87.